The highest BCUT2D eigenvalue weighted by Gasteiger charge is 2.25. The maximum atomic E-state index is 10.6. The van der Waals surface area contributed by atoms with Crippen LogP contribution >= 0.6 is 11.6 Å². The van der Waals surface area contributed by atoms with Gasteiger partial charge >= 0.3 is 0 Å². The molecular weight excluding hydrogens is 276 g/mol. The molecule has 0 radical (unpaired) electrons. The van der Waals surface area contributed by atoms with Gasteiger partial charge in [0.25, 0.3) is 0 Å². The Morgan fingerprint density at radius 3 is 2.75 bits per heavy atom. The maximum Gasteiger partial charge on any atom is 0.126 e. The van der Waals surface area contributed by atoms with Gasteiger partial charge in [-0.2, -0.15) is 0 Å². The standard InChI is InChI=1S/C15H17ClN2O2/c1-20-14-8-10(16)5-6-11(14)15(19)12(9-17)13-4-2-3-7-18-13/h2-8,12,15,19H,9,17H2,1H3. The molecule has 4 nitrogen and oxygen atoms in total. The van der Waals surface area contributed by atoms with E-state index in [2.05, 4.69) is 4.98 Å². The van der Waals surface area contributed by atoms with Gasteiger partial charge in [0.2, 0.25) is 0 Å². The summed E-state index contributed by atoms with van der Waals surface area (Å²) in [6.45, 7) is 0.282. The SMILES string of the molecule is COc1cc(Cl)ccc1C(O)C(CN)c1ccccn1. The molecular formula is C15H17ClN2O2. The van der Waals surface area contributed by atoms with E-state index in [1.807, 2.05) is 18.2 Å². The van der Waals surface area contributed by atoms with Crippen LogP contribution in [0.4, 0.5) is 0 Å². The van der Waals surface area contributed by atoms with Crippen LogP contribution in [0.1, 0.15) is 23.3 Å². The van der Waals surface area contributed by atoms with Crippen molar-refractivity contribution < 1.29 is 9.84 Å². The number of hydrogen-bond acceptors (Lipinski definition) is 4. The molecule has 0 bridgehead atoms. The van der Waals surface area contributed by atoms with E-state index >= 15 is 0 Å². The fourth-order valence-electron chi connectivity index (χ4n) is 2.15. The Kier molecular flexibility index (Phi) is 4.95. The molecule has 20 heavy (non-hydrogen) atoms. The Balaban J connectivity index is 2.36. The molecule has 0 spiro atoms. The monoisotopic (exact) mass is 292 g/mol. The number of nitrogens with zero attached hydrogens (tertiary/aromatic N) is 1. The molecule has 2 atom stereocenters. The third-order valence-electron chi connectivity index (χ3n) is 3.22. The Morgan fingerprint density at radius 1 is 1.35 bits per heavy atom. The molecule has 0 saturated carbocycles. The number of aliphatic hydroxyl groups excluding tert-OH is 1. The summed E-state index contributed by atoms with van der Waals surface area (Å²) in [4.78, 5) is 4.26. The van der Waals surface area contributed by atoms with Crippen molar-refractivity contribution in [3.05, 3.63) is 58.9 Å². The van der Waals surface area contributed by atoms with Crippen LogP contribution in [0.25, 0.3) is 0 Å². The van der Waals surface area contributed by atoms with Gasteiger partial charge in [-0.3, -0.25) is 4.98 Å². The third-order valence-corrected chi connectivity index (χ3v) is 3.45. The van der Waals surface area contributed by atoms with Gasteiger partial charge in [-0.1, -0.05) is 23.7 Å². The Labute approximate surface area is 123 Å². The molecule has 1 heterocycles. The number of aliphatic hydroxyl groups is 1. The summed E-state index contributed by atoms with van der Waals surface area (Å²) in [6, 6.07) is 10.7. The fraction of sp³-hybridized carbons (Fsp3) is 0.267. The second kappa shape index (κ2) is 6.70. The molecule has 0 fully saturated rings. The van der Waals surface area contributed by atoms with Crippen LogP contribution in [0.5, 0.6) is 5.75 Å². The first-order valence-corrected chi connectivity index (χ1v) is 6.67. The van der Waals surface area contributed by atoms with Crippen molar-refractivity contribution in [2.24, 2.45) is 5.73 Å². The lowest BCUT2D eigenvalue weighted by Crippen LogP contribution is -2.21. The number of ether oxygens (including phenoxy) is 1. The molecule has 1 aromatic heterocycles. The fourth-order valence-corrected chi connectivity index (χ4v) is 2.31. The Hall–Kier alpha value is -1.62. The van der Waals surface area contributed by atoms with E-state index in [-0.39, 0.29) is 12.5 Å². The van der Waals surface area contributed by atoms with Crippen molar-refractivity contribution in [1.29, 1.82) is 0 Å². The van der Waals surface area contributed by atoms with Crippen molar-refractivity contribution >= 4 is 11.6 Å². The first kappa shape index (κ1) is 14.8. The van der Waals surface area contributed by atoms with Crippen LogP contribution in [0.2, 0.25) is 5.02 Å². The van der Waals surface area contributed by atoms with Gasteiger partial charge < -0.3 is 15.6 Å². The topological polar surface area (TPSA) is 68.4 Å². The number of methoxy groups -OCH3 is 1. The van der Waals surface area contributed by atoms with Gasteiger partial charge in [0.15, 0.2) is 0 Å². The van der Waals surface area contributed by atoms with E-state index < -0.39 is 6.10 Å². The second-order valence-corrected chi connectivity index (χ2v) is 4.86. The lowest BCUT2D eigenvalue weighted by atomic mass is 9.92. The van der Waals surface area contributed by atoms with E-state index in [9.17, 15) is 5.11 Å². The minimum atomic E-state index is -0.804. The van der Waals surface area contributed by atoms with Crippen molar-refractivity contribution in [3.8, 4) is 5.75 Å². The Bertz CT molecular complexity index is 563. The average molecular weight is 293 g/mol. The zero-order valence-electron chi connectivity index (χ0n) is 11.2. The van der Waals surface area contributed by atoms with Crippen LogP contribution in [-0.4, -0.2) is 23.7 Å². The number of rotatable bonds is 5. The van der Waals surface area contributed by atoms with Gasteiger partial charge in [-0.15, -0.1) is 0 Å². The van der Waals surface area contributed by atoms with E-state index in [1.165, 1.54) is 0 Å². The second-order valence-electron chi connectivity index (χ2n) is 4.43. The number of nitrogens with two attached hydrogens (primary N) is 1. The molecule has 0 amide bonds. The molecule has 2 unspecified atom stereocenters. The normalized spacial score (nSPS) is 13.8. The summed E-state index contributed by atoms with van der Waals surface area (Å²) in [5.74, 6) is 0.241. The molecule has 5 heteroatoms. The van der Waals surface area contributed by atoms with E-state index in [1.54, 1.807) is 31.5 Å². The van der Waals surface area contributed by atoms with Gasteiger partial charge in [0, 0.05) is 34.9 Å². The highest BCUT2D eigenvalue weighted by atomic mass is 35.5. The number of aromatic nitrogens is 1. The van der Waals surface area contributed by atoms with Gasteiger partial charge in [0.05, 0.1) is 13.2 Å². The number of halogens is 1. The molecule has 0 aliphatic heterocycles. The van der Waals surface area contributed by atoms with Gasteiger partial charge in [-0.05, 0) is 24.3 Å². The summed E-state index contributed by atoms with van der Waals surface area (Å²) in [6.07, 6.45) is 0.881. The molecule has 0 aliphatic rings. The quantitative estimate of drug-likeness (QED) is 0.888. The van der Waals surface area contributed by atoms with Crippen LogP contribution < -0.4 is 10.5 Å². The summed E-state index contributed by atoms with van der Waals surface area (Å²) in [7, 11) is 1.54. The molecule has 2 aromatic rings. The third kappa shape index (κ3) is 3.10. The van der Waals surface area contributed by atoms with Gasteiger partial charge in [0.1, 0.15) is 5.75 Å². The molecule has 1 aromatic carbocycles. The molecule has 0 saturated heterocycles. The van der Waals surface area contributed by atoms with E-state index in [0.717, 1.165) is 5.69 Å². The predicted octanol–water partition coefficient (Wildman–Crippen LogP) is 2.52. The summed E-state index contributed by atoms with van der Waals surface area (Å²) >= 11 is 5.93. The van der Waals surface area contributed by atoms with Crippen LogP contribution in [0.3, 0.4) is 0 Å². The van der Waals surface area contributed by atoms with Crippen LogP contribution in [-0.2, 0) is 0 Å². The minimum Gasteiger partial charge on any atom is -0.496 e. The zero-order chi connectivity index (χ0) is 14.5. The minimum absolute atomic E-state index is 0.282. The summed E-state index contributed by atoms with van der Waals surface area (Å²) < 4.78 is 5.27. The first-order valence-electron chi connectivity index (χ1n) is 6.30. The van der Waals surface area contributed by atoms with Crippen LogP contribution in [0, 0.1) is 0 Å². The Morgan fingerprint density at radius 2 is 2.15 bits per heavy atom. The lowest BCUT2D eigenvalue weighted by molar-refractivity contribution is 0.142. The van der Waals surface area contributed by atoms with Crippen molar-refractivity contribution in [2.45, 2.75) is 12.0 Å². The highest BCUT2D eigenvalue weighted by Crippen LogP contribution is 2.35. The van der Waals surface area contributed by atoms with Gasteiger partial charge in [-0.25, -0.2) is 0 Å². The number of pyridine rings is 1. The smallest absolute Gasteiger partial charge is 0.126 e. The highest BCUT2D eigenvalue weighted by molar-refractivity contribution is 6.30. The van der Waals surface area contributed by atoms with Crippen LogP contribution in [0.15, 0.2) is 42.6 Å². The van der Waals surface area contributed by atoms with Crippen molar-refractivity contribution in [3.63, 3.8) is 0 Å². The number of hydrogen-bond donors (Lipinski definition) is 2. The number of benzene rings is 1. The zero-order valence-corrected chi connectivity index (χ0v) is 11.9. The lowest BCUT2D eigenvalue weighted by Gasteiger charge is -2.23. The molecule has 3 N–H and O–H groups in total. The maximum absolute atomic E-state index is 10.6. The largest absolute Gasteiger partial charge is 0.496 e. The van der Waals surface area contributed by atoms with Crippen molar-refractivity contribution in [2.75, 3.05) is 13.7 Å². The molecule has 106 valence electrons. The predicted molar refractivity (Wildman–Crippen MR) is 79.0 cm³/mol. The average Bonchev–Trinajstić information content (AvgIpc) is 2.48. The summed E-state index contributed by atoms with van der Waals surface area (Å²) in [5, 5.41) is 11.1. The van der Waals surface area contributed by atoms with Crippen molar-refractivity contribution in [1.82, 2.24) is 4.98 Å². The first-order chi connectivity index (χ1) is 9.67. The molecule has 0 aliphatic carbocycles. The summed E-state index contributed by atoms with van der Waals surface area (Å²) in [5.41, 5.74) is 7.20. The van der Waals surface area contributed by atoms with E-state index in [4.69, 9.17) is 22.1 Å². The van der Waals surface area contributed by atoms with E-state index in [0.29, 0.717) is 16.3 Å². The molecule has 2 rings (SSSR count).